The monoisotopic (exact) mass is 338 g/mol. The van der Waals surface area contributed by atoms with E-state index < -0.39 is 0 Å². The van der Waals surface area contributed by atoms with E-state index in [1.165, 1.54) is 5.56 Å². The summed E-state index contributed by atoms with van der Waals surface area (Å²) < 4.78 is 0. The molecule has 134 valence electrons. The summed E-state index contributed by atoms with van der Waals surface area (Å²) in [4.78, 5) is 2.23. The Bertz CT molecular complexity index is 749. The molecule has 0 unspecified atom stereocenters. The molecule has 2 aromatic rings. The van der Waals surface area contributed by atoms with Crippen LogP contribution in [-0.2, 0) is 6.54 Å². The van der Waals surface area contributed by atoms with Crippen molar-refractivity contribution in [3.8, 4) is 0 Å². The molecule has 1 heterocycles. The van der Waals surface area contributed by atoms with Gasteiger partial charge in [-0.15, -0.1) is 0 Å². The maximum absolute atomic E-state index is 6.61. The Kier molecular flexibility index (Phi) is 6.10. The molecule has 0 bridgehead atoms. The first kappa shape index (κ1) is 18.9. The molecule has 1 aliphatic rings. The van der Waals surface area contributed by atoms with Crippen molar-refractivity contribution < 1.29 is 0 Å². The predicted molar refractivity (Wildman–Crippen MR) is 109 cm³/mol. The normalized spacial score (nSPS) is 16.2. The van der Waals surface area contributed by atoms with Gasteiger partial charge in [-0.2, -0.15) is 0 Å². The lowest BCUT2D eigenvalue weighted by Crippen LogP contribution is -2.38. The molecule has 0 atom stereocenters. The summed E-state index contributed by atoms with van der Waals surface area (Å²) in [5.74, 6) is 6.39. The van der Waals surface area contributed by atoms with E-state index in [0.717, 1.165) is 34.8 Å². The Morgan fingerprint density at radius 2 is 1.52 bits per heavy atom. The third-order valence-electron chi connectivity index (χ3n) is 4.36. The second kappa shape index (κ2) is 8.08. The van der Waals surface area contributed by atoms with Crippen LogP contribution >= 0.6 is 0 Å². The van der Waals surface area contributed by atoms with Crippen LogP contribution in [0.2, 0.25) is 0 Å². The van der Waals surface area contributed by atoms with E-state index in [0.29, 0.717) is 0 Å². The summed E-state index contributed by atoms with van der Waals surface area (Å²) >= 11 is 0. The lowest BCUT2D eigenvalue weighted by Gasteiger charge is -2.33. The topological polar surface area (TPSA) is 58.5 Å². The fraction of sp³-hybridized carbons (Fsp3) is 0.333. The fourth-order valence-electron chi connectivity index (χ4n) is 3.07. The molecular weight excluding hydrogens is 308 g/mol. The first-order valence-corrected chi connectivity index (χ1v) is 8.93. The molecule has 0 amide bonds. The minimum Gasteiger partial charge on any atom is -0.396 e. The van der Waals surface area contributed by atoms with Crippen LogP contribution in [0.4, 0.5) is 5.69 Å². The molecule has 25 heavy (non-hydrogen) atoms. The summed E-state index contributed by atoms with van der Waals surface area (Å²) in [6, 6.07) is 16.7. The van der Waals surface area contributed by atoms with E-state index in [1.54, 1.807) is 5.01 Å². The van der Waals surface area contributed by atoms with Gasteiger partial charge in [0.15, 0.2) is 0 Å². The van der Waals surface area contributed by atoms with Gasteiger partial charge in [-0.3, -0.25) is 0 Å². The minimum absolute atomic E-state index is 0.154. The van der Waals surface area contributed by atoms with Crippen LogP contribution in [0.5, 0.6) is 0 Å². The number of hydrazine groups is 1. The molecule has 0 aliphatic carbocycles. The Morgan fingerprint density at radius 3 is 2.16 bits per heavy atom. The van der Waals surface area contributed by atoms with E-state index >= 15 is 0 Å². The van der Waals surface area contributed by atoms with Crippen LogP contribution in [0.1, 0.15) is 44.4 Å². The third kappa shape index (κ3) is 3.64. The Labute approximate surface area is 151 Å². The second-order valence-corrected chi connectivity index (χ2v) is 6.29. The van der Waals surface area contributed by atoms with Crippen molar-refractivity contribution in [2.24, 2.45) is 11.6 Å². The SMILES string of the molecule is CC.CC(C)N(N)/C1=C(\N)c2ccccc2N(C)Cc2ccccc21. The lowest BCUT2D eigenvalue weighted by atomic mass is 9.95. The zero-order valence-electron chi connectivity index (χ0n) is 16.0. The van der Waals surface area contributed by atoms with Crippen LogP contribution in [0.3, 0.4) is 0 Å². The summed E-state index contributed by atoms with van der Waals surface area (Å²) in [6.45, 7) is 8.95. The second-order valence-electron chi connectivity index (χ2n) is 6.29. The number of hydrogen-bond donors (Lipinski definition) is 2. The van der Waals surface area contributed by atoms with E-state index in [4.69, 9.17) is 11.6 Å². The smallest absolute Gasteiger partial charge is 0.0832 e. The number of anilines is 1. The fourth-order valence-corrected chi connectivity index (χ4v) is 3.07. The average molecular weight is 338 g/mol. The van der Waals surface area contributed by atoms with Crippen molar-refractivity contribution in [1.82, 2.24) is 5.01 Å². The van der Waals surface area contributed by atoms with Gasteiger partial charge in [-0.05, 0) is 25.5 Å². The molecule has 3 rings (SSSR count). The number of nitrogens with two attached hydrogens (primary N) is 2. The van der Waals surface area contributed by atoms with Gasteiger partial charge in [0.05, 0.1) is 11.4 Å². The zero-order valence-corrected chi connectivity index (χ0v) is 16.0. The quantitative estimate of drug-likeness (QED) is 0.641. The van der Waals surface area contributed by atoms with E-state index in [2.05, 4.69) is 56.1 Å². The molecule has 1 aliphatic heterocycles. The molecule has 2 aromatic carbocycles. The highest BCUT2D eigenvalue weighted by molar-refractivity contribution is 5.93. The predicted octanol–water partition coefficient (Wildman–Crippen LogP) is 4.03. The van der Waals surface area contributed by atoms with Crippen LogP contribution < -0.4 is 16.5 Å². The van der Waals surface area contributed by atoms with Gasteiger partial charge >= 0.3 is 0 Å². The Balaban J connectivity index is 0.00000109. The number of benzene rings is 2. The van der Waals surface area contributed by atoms with Gasteiger partial charge in [0.25, 0.3) is 0 Å². The standard InChI is InChI=1S/C19H24N4.C2H6/c1-13(2)23(21)19-15-9-5-4-8-14(15)12-22(3)17-11-7-6-10-16(17)18(19)20;1-2/h4-11,13H,12,20-21H2,1-3H3;1-2H3/b19-18-;. The van der Waals surface area contributed by atoms with Crippen molar-refractivity contribution >= 4 is 17.1 Å². The van der Waals surface area contributed by atoms with E-state index in [1.807, 2.05) is 32.0 Å². The van der Waals surface area contributed by atoms with Crippen LogP contribution in [0.25, 0.3) is 11.4 Å². The molecule has 0 spiro atoms. The summed E-state index contributed by atoms with van der Waals surface area (Å²) in [5.41, 5.74) is 12.7. The Hall–Kier alpha value is -2.46. The number of hydrogen-bond acceptors (Lipinski definition) is 4. The average Bonchev–Trinajstić information content (AvgIpc) is 2.63. The molecule has 4 N–H and O–H groups in total. The summed E-state index contributed by atoms with van der Waals surface area (Å²) in [6.07, 6.45) is 0. The van der Waals surface area contributed by atoms with Crippen molar-refractivity contribution in [3.05, 3.63) is 65.2 Å². The lowest BCUT2D eigenvalue weighted by molar-refractivity contribution is 0.343. The molecule has 0 saturated carbocycles. The van der Waals surface area contributed by atoms with Crippen LogP contribution in [-0.4, -0.2) is 18.1 Å². The summed E-state index contributed by atoms with van der Waals surface area (Å²) in [5, 5.41) is 1.77. The number of rotatable bonds is 2. The molecule has 0 saturated heterocycles. The number of fused-ring (bicyclic) bond motifs is 2. The van der Waals surface area contributed by atoms with Crippen molar-refractivity contribution in [2.75, 3.05) is 11.9 Å². The zero-order chi connectivity index (χ0) is 18.6. The van der Waals surface area contributed by atoms with Gasteiger partial charge in [0.2, 0.25) is 0 Å². The van der Waals surface area contributed by atoms with E-state index in [-0.39, 0.29) is 6.04 Å². The number of para-hydroxylation sites is 1. The third-order valence-corrected chi connectivity index (χ3v) is 4.36. The summed E-state index contributed by atoms with van der Waals surface area (Å²) in [7, 11) is 2.09. The molecular formula is C21H30N4. The highest BCUT2D eigenvalue weighted by Crippen LogP contribution is 2.35. The number of nitrogens with zero attached hydrogens (tertiary/aromatic N) is 2. The van der Waals surface area contributed by atoms with Gasteiger partial charge in [-0.25, -0.2) is 5.84 Å². The Morgan fingerprint density at radius 1 is 0.960 bits per heavy atom. The first-order chi connectivity index (χ1) is 12.0. The highest BCUT2D eigenvalue weighted by Gasteiger charge is 2.24. The maximum atomic E-state index is 6.61. The molecule has 4 nitrogen and oxygen atoms in total. The molecule has 0 radical (unpaired) electrons. The minimum atomic E-state index is 0.154. The van der Waals surface area contributed by atoms with Crippen molar-refractivity contribution in [3.63, 3.8) is 0 Å². The molecule has 0 aromatic heterocycles. The molecule has 0 fully saturated rings. The van der Waals surface area contributed by atoms with Gasteiger partial charge in [-0.1, -0.05) is 56.3 Å². The van der Waals surface area contributed by atoms with Crippen molar-refractivity contribution in [1.29, 1.82) is 0 Å². The largest absolute Gasteiger partial charge is 0.396 e. The van der Waals surface area contributed by atoms with Crippen LogP contribution in [0, 0.1) is 0 Å². The highest BCUT2D eigenvalue weighted by atomic mass is 15.4. The van der Waals surface area contributed by atoms with Gasteiger partial charge < -0.3 is 15.6 Å². The molecule has 4 heteroatoms. The van der Waals surface area contributed by atoms with Gasteiger partial charge in [0.1, 0.15) is 0 Å². The van der Waals surface area contributed by atoms with Crippen LogP contribution in [0.15, 0.2) is 48.5 Å². The maximum Gasteiger partial charge on any atom is 0.0832 e. The van der Waals surface area contributed by atoms with E-state index in [9.17, 15) is 0 Å². The first-order valence-electron chi connectivity index (χ1n) is 8.93. The van der Waals surface area contributed by atoms with Gasteiger partial charge in [0, 0.05) is 36.4 Å². The van der Waals surface area contributed by atoms with Crippen molar-refractivity contribution in [2.45, 2.75) is 40.3 Å².